The predicted octanol–water partition coefficient (Wildman–Crippen LogP) is 2.48. The third kappa shape index (κ3) is 2.60. The molecule has 0 aromatic carbocycles. The summed E-state index contributed by atoms with van der Waals surface area (Å²) in [5.41, 5.74) is 0. The molecule has 2 fully saturated rings. The van der Waals surface area contributed by atoms with E-state index in [0.717, 1.165) is 44.2 Å². The number of hydrogen-bond donors (Lipinski definition) is 0. The van der Waals surface area contributed by atoms with Crippen LogP contribution in [0.5, 0.6) is 0 Å². The first-order valence-corrected chi connectivity index (χ1v) is 6.43. The number of piperidine rings is 1. The van der Waals surface area contributed by atoms with Gasteiger partial charge in [0, 0.05) is 19.5 Å². The first-order valence-electron chi connectivity index (χ1n) is 6.43. The fourth-order valence-corrected chi connectivity index (χ4v) is 3.32. The van der Waals surface area contributed by atoms with Gasteiger partial charge in [-0.2, -0.15) is 0 Å². The third-order valence-electron chi connectivity index (χ3n) is 3.86. The van der Waals surface area contributed by atoms with Gasteiger partial charge in [-0.3, -0.25) is 9.69 Å². The van der Waals surface area contributed by atoms with Crippen LogP contribution in [0.3, 0.4) is 0 Å². The van der Waals surface area contributed by atoms with Crippen molar-refractivity contribution in [2.24, 2.45) is 11.8 Å². The fourth-order valence-electron chi connectivity index (χ4n) is 3.32. The molecule has 2 nitrogen and oxygen atoms in total. The van der Waals surface area contributed by atoms with Gasteiger partial charge in [0.25, 0.3) is 0 Å². The highest BCUT2D eigenvalue weighted by atomic mass is 16.1. The summed E-state index contributed by atoms with van der Waals surface area (Å²) in [4.78, 5) is 14.3. The molecule has 1 aliphatic heterocycles. The van der Waals surface area contributed by atoms with Gasteiger partial charge in [-0.1, -0.05) is 20.3 Å². The highest BCUT2D eigenvalue weighted by Gasteiger charge is 2.32. The van der Waals surface area contributed by atoms with Crippen LogP contribution < -0.4 is 0 Å². The Labute approximate surface area is 93.0 Å². The zero-order valence-electron chi connectivity index (χ0n) is 10.0. The quantitative estimate of drug-likeness (QED) is 0.661. The molecule has 0 radical (unpaired) electrons. The van der Waals surface area contributed by atoms with Crippen LogP contribution in [0.1, 0.15) is 46.0 Å². The Kier molecular flexibility index (Phi) is 3.45. The average Bonchev–Trinajstić information content (AvgIpc) is 2.16. The van der Waals surface area contributed by atoms with E-state index in [1.54, 1.807) is 0 Å². The summed E-state index contributed by atoms with van der Waals surface area (Å²) in [6.07, 6.45) is 5.63. The molecular formula is C13H23NO. The molecule has 3 atom stereocenters. The molecule has 0 unspecified atom stereocenters. The monoisotopic (exact) mass is 209 g/mol. The lowest BCUT2D eigenvalue weighted by atomic mass is 9.86. The van der Waals surface area contributed by atoms with Crippen molar-refractivity contribution in [3.63, 3.8) is 0 Å². The normalized spacial score (nSPS) is 39.3. The van der Waals surface area contributed by atoms with Crippen LogP contribution in [0.15, 0.2) is 0 Å². The fraction of sp³-hybridized carbons (Fsp3) is 0.923. The Hall–Kier alpha value is -0.370. The zero-order chi connectivity index (χ0) is 10.8. The van der Waals surface area contributed by atoms with E-state index >= 15 is 0 Å². The minimum Gasteiger partial charge on any atom is -0.298 e. The maximum atomic E-state index is 11.9. The zero-order valence-corrected chi connectivity index (χ0v) is 10.0. The SMILES string of the molecule is C[C@@H]1C[C@@H](C)CN([C@@H]2CCCCC2=O)C1. The maximum absolute atomic E-state index is 11.9. The number of ketones is 1. The molecule has 0 N–H and O–H groups in total. The van der Waals surface area contributed by atoms with E-state index in [2.05, 4.69) is 18.7 Å². The smallest absolute Gasteiger partial charge is 0.149 e. The van der Waals surface area contributed by atoms with Gasteiger partial charge in [0.2, 0.25) is 0 Å². The minimum absolute atomic E-state index is 0.268. The summed E-state index contributed by atoms with van der Waals surface area (Å²) >= 11 is 0. The lowest BCUT2D eigenvalue weighted by Crippen LogP contribution is -2.49. The van der Waals surface area contributed by atoms with Gasteiger partial charge in [-0.05, 0) is 31.1 Å². The van der Waals surface area contributed by atoms with Crippen LogP contribution in [0, 0.1) is 11.8 Å². The van der Waals surface area contributed by atoms with Crippen molar-refractivity contribution in [3.8, 4) is 0 Å². The van der Waals surface area contributed by atoms with Crippen molar-refractivity contribution in [1.82, 2.24) is 4.90 Å². The Bertz CT molecular complexity index is 229. The molecule has 0 aromatic rings. The van der Waals surface area contributed by atoms with Gasteiger partial charge in [-0.25, -0.2) is 0 Å². The Morgan fingerprint density at radius 3 is 2.40 bits per heavy atom. The summed E-state index contributed by atoms with van der Waals surface area (Å²) in [6.45, 7) is 6.91. The molecule has 1 heterocycles. The molecular weight excluding hydrogens is 186 g/mol. The molecule has 2 rings (SSSR count). The molecule has 0 amide bonds. The molecule has 15 heavy (non-hydrogen) atoms. The first-order chi connectivity index (χ1) is 7.16. The molecule has 0 aromatic heterocycles. The largest absolute Gasteiger partial charge is 0.298 e. The van der Waals surface area contributed by atoms with Crippen LogP contribution in [0.4, 0.5) is 0 Å². The minimum atomic E-state index is 0.268. The number of hydrogen-bond acceptors (Lipinski definition) is 2. The number of carbonyl (C=O) groups excluding carboxylic acids is 1. The van der Waals surface area contributed by atoms with Crippen molar-refractivity contribution in [3.05, 3.63) is 0 Å². The molecule has 1 aliphatic carbocycles. The summed E-state index contributed by atoms with van der Waals surface area (Å²) in [5, 5.41) is 0. The number of Topliss-reactive ketones (excluding diaryl/α,β-unsaturated/α-hetero) is 1. The molecule has 1 saturated carbocycles. The van der Waals surface area contributed by atoms with Crippen molar-refractivity contribution in [2.75, 3.05) is 13.1 Å². The summed E-state index contributed by atoms with van der Waals surface area (Å²) in [7, 11) is 0. The van der Waals surface area contributed by atoms with E-state index in [0.29, 0.717) is 5.78 Å². The van der Waals surface area contributed by atoms with E-state index in [-0.39, 0.29) is 6.04 Å². The van der Waals surface area contributed by atoms with Crippen LogP contribution in [-0.2, 0) is 4.79 Å². The lowest BCUT2D eigenvalue weighted by Gasteiger charge is -2.40. The van der Waals surface area contributed by atoms with Crippen LogP contribution in [0.25, 0.3) is 0 Å². The topological polar surface area (TPSA) is 20.3 Å². The standard InChI is InChI=1S/C13H23NO/c1-10-7-11(2)9-14(8-10)12-5-3-4-6-13(12)15/h10-12H,3-9H2,1-2H3/t10-,11-,12-/m1/s1. The Balaban J connectivity index is 1.99. The van der Waals surface area contributed by atoms with Crippen LogP contribution in [-0.4, -0.2) is 29.8 Å². The third-order valence-corrected chi connectivity index (χ3v) is 3.86. The molecule has 2 heteroatoms. The average molecular weight is 209 g/mol. The number of likely N-dealkylation sites (tertiary alicyclic amines) is 1. The number of nitrogens with zero attached hydrogens (tertiary/aromatic N) is 1. The molecule has 86 valence electrons. The Morgan fingerprint density at radius 1 is 1.13 bits per heavy atom. The van der Waals surface area contributed by atoms with Crippen LogP contribution >= 0.6 is 0 Å². The Morgan fingerprint density at radius 2 is 1.80 bits per heavy atom. The lowest BCUT2D eigenvalue weighted by molar-refractivity contribution is -0.127. The van der Waals surface area contributed by atoms with Crippen molar-refractivity contribution in [1.29, 1.82) is 0 Å². The highest BCUT2D eigenvalue weighted by molar-refractivity contribution is 5.84. The van der Waals surface area contributed by atoms with Gasteiger partial charge in [0.05, 0.1) is 6.04 Å². The van der Waals surface area contributed by atoms with E-state index < -0.39 is 0 Å². The predicted molar refractivity (Wildman–Crippen MR) is 61.8 cm³/mol. The molecule has 0 spiro atoms. The summed E-state index contributed by atoms with van der Waals surface area (Å²) in [6, 6.07) is 0.268. The van der Waals surface area contributed by atoms with Gasteiger partial charge >= 0.3 is 0 Å². The number of carbonyl (C=O) groups is 1. The van der Waals surface area contributed by atoms with Gasteiger partial charge in [-0.15, -0.1) is 0 Å². The summed E-state index contributed by atoms with van der Waals surface area (Å²) in [5.74, 6) is 2.04. The second kappa shape index (κ2) is 4.65. The maximum Gasteiger partial charge on any atom is 0.149 e. The van der Waals surface area contributed by atoms with Crippen molar-refractivity contribution >= 4 is 5.78 Å². The van der Waals surface area contributed by atoms with E-state index in [1.807, 2.05) is 0 Å². The van der Waals surface area contributed by atoms with E-state index in [9.17, 15) is 4.79 Å². The second-order valence-corrected chi connectivity index (χ2v) is 5.63. The molecule has 2 aliphatic rings. The highest BCUT2D eigenvalue weighted by Crippen LogP contribution is 2.27. The van der Waals surface area contributed by atoms with Crippen molar-refractivity contribution in [2.45, 2.75) is 52.0 Å². The first kappa shape index (κ1) is 11.1. The molecule has 1 saturated heterocycles. The van der Waals surface area contributed by atoms with Gasteiger partial charge < -0.3 is 0 Å². The second-order valence-electron chi connectivity index (χ2n) is 5.63. The van der Waals surface area contributed by atoms with Gasteiger partial charge in [0.1, 0.15) is 5.78 Å². The van der Waals surface area contributed by atoms with E-state index in [1.165, 1.54) is 12.8 Å². The van der Waals surface area contributed by atoms with Crippen LogP contribution in [0.2, 0.25) is 0 Å². The van der Waals surface area contributed by atoms with E-state index in [4.69, 9.17) is 0 Å². The summed E-state index contributed by atoms with van der Waals surface area (Å²) < 4.78 is 0. The number of rotatable bonds is 1. The van der Waals surface area contributed by atoms with Crippen molar-refractivity contribution < 1.29 is 4.79 Å². The van der Waals surface area contributed by atoms with Gasteiger partial charge in [0.15, 0.2) is 0 Å². The molecule has 0 bridgehead atoms.